The monoisotopic (exact) mass is 337 g/mol. The Hall–Kier alpha value is -3.40. The van der Waals surface area contributed by atoms with Gasteiger partial charge in [0.05, 0.1) is 5.52 Å². The quantitative estimate of drug-likeness (QED) is 0.261. The number of hydrogen-bond donors (Lipinski definition) is 6. The number of carbonyl (C=O) groups excluding carboxylic acids is 2. The second-order valence-electron chi connectivity index (χ2n) is 4.30. The number of hydroxylamine groups is 1. The number of carboxylic acid groups (broad SMARTS) is 1. The number of nitrogens with one attached hydrogen (secondary N) is 1. The fraction of sp³-hybridized carbons (Fsp3) is 0.143. The highest BCUT2D eigenvalue weighted by atomic mass is 16.5. The van der Waals surface area contributed by atoms with E-state index in [1.165, 1.54) is 5.48 Å². The van der Waals surface area contributed by atoms with Gasteiger partial charge in [0.2, 0.25) is 11.8 Å². The van der Waals surface area contributed by atoms with Crippen LogP contribution in [0.15, 0.2) is 36.5 Å². The Labute approximate surface area is 137 Å². The maximum absolute atomic E-state index is 10.1. The van der Waals surface area contributed by atoms with Crippen LogP contribution < -0.4 is 22.7 Å². The lowest BCUT2D eigenvalue weighted by molar-refractivity contribution is -0.131. The first kappa shape index (κ1) is 20.6. The molecule has 3 amide bonds. The molecule has 0 fully saturated rings. The maximum atomic E-state index is 10.1. The van der Waals surface area contributed by atoms with Gasteiger partial charge >= 0.3 is 6.09 Å². The summed E-state index contributed by atoms with van der Waals surface area (Å²) in [6.07, 6.45) is 0.344. The predicted molar refractivity (Wildman–Crippen MR) is 86.7 cm³/mol. The van der Waals surface area contributed by atoms with Gasteiger partial charge in [0, 0.05) is 30.1 Å². The molecule has 0 bridgehead atoms. The van der Waals surface area contributed by atoms with Gasteiger partial charge in [-0.2, -0.15) is 0 Å². The van der Waals surface area contributed by atoms with Crippen molar-refractivity contribution < 1.29 is 24.7 Å². The number of nitrogens with two attached hydrogens (primary N) is 3. The lowest BCUT2D eigenvalue weighted by atomic mass is 10.2. The fourth-order valence-electron chi connectivity index (χ4n) is 1.39. The number of anilines is 1. The van der Waals surface area contributed by atoms with E-state index in [1.807, 2.05) is 30.3 Å². The Morgan fingerprint density at radius 2 is 1.75 bits per heavy atom. The summed E-state index contributed by atoms with van der Waals surface area (Å²) in [6, 6.07) is 9.60. The van der Waals surface area contributed by atoms with Gasteiger partial charge in [-0.3, -0.25) is 19.8 Å². The molecule has 2 rings (SSSR count). The minimum atomic E-state index is -1.33. The molecule has 2 aromatic rings. The van der Waals surface area contributed by atoms with E-state index >= 15 is 0 Å². The molecule has 130 valence electrons. The van der Waals surface area contributed by atoms with Crippen molar-refractivity contribution in [2.24, 2.45) is 11.5 Å². The molecule has 1 heterocycles. The molecule has 0 atom stereocenters. The molecule has 0 saturated carbocycles. The van der Waals surface area contributed by atoms with Gasteiger partial charge in [0.1, 0.15) is 0 Å². The van der Waals surface area contributed by atoms with E-state index in [0.29, 0.717) is 0 Å². The summed E-state index contributed by atoms with van der Waals surface area (Å²) < 4.78 is 0. The molecule has 0 spiro atoms. The normalized spacial score (nSPS) is 8.88. The minimum Gasteiger partial charge on any atom is -0.465 e. The second-order valence-corrected chi connectivity index (χ2v) is 4.30. The number of fused-ring (bicyclic) bond motifs is 1. The second kappa shape index (κ2) is 11.2. The van der Waals surface area contributed by atoms with Gasteiger partial charge in [-0.15, -0.1) is 0 Å². The summed E-state index contributed by atoms with van der Waals surface area (Å²) in [5, 5.41) is 16.2. The van der Waals surface area contributed by atoms with Crippen molar-refractivity contribution in [3.05, 3.63) is 36.5 Å². The number of aromatic nitrogens is 1. The first-order valence-corrected chi connectivity index (χ1v) is 6.56. The van der Waals surface area contributed by atoms with E-state index in [1.54, 1.807) is 6.20 Å². The third-order valence-electron chi connectivity index (χ3n) is 2.35. The van der Waals surface area contributed by atoms with Gasteiger partial charge < -0.3 is 22.3 Å². The molecule has 1 aromatic carbocycles. The lowest BCUT2D eigenvalue weighted by Crippen LogP contribution is -2.21. The highest BCUT2D eigenvalue weighted by molar-refractivity contribution is 5.82. The Morgan fingerprint density at radius 3 is 2.29 bits per heavy atom. The van der Waals surface area contributed by atoms with Crippen LogP contribution in [-0.4, -0.2) is 33.2 Å². The van der Waals surface area contributed by atoms with E-state index in [-0.39, 0.29) is 12.8 Å². The van der Waals surface area contributed by atoms with Crippen LogP contribution in [0.2, 0.25) is 0 Å². The van der Waals surface area contributed by atoms with Gasteiger partial charge in [-0.25, -0.2) is 10.3 Å². The lowest BCUT2D eigenvalue weighted by Gasteiger charge is -1.96. The van der Waals surface area contributed by atoms with Crippen LogP contribution in [0, 0.1) is 0 Å². The van der Waals surface area contributed by atoms with Gasteiger partial charge in [-0.05, 0) is 24.3 Å². The van der Waals surface area contributed by atoms with Crippen molar-refractivity contribution in [3.63, 3.8) is 0 Å². The molecule has 0 aliphatic carbocycles. The Morgan fingerprint density at radius 1 is 1.12 bits per heavy atom. The largest absolute Gasteiger partial charge is 0.465 e. The number of carbonyl (C=O) groups is 3. The number of primary amides is 2. The highest BCUT2D eigenvalue weighted by Gasteiger charge is 2.00. The van der Waals surface area contributed by atoms with Crippen molar-refractivity contribution in [2.75, 3.05) is 5.73 Å². The summed E-state index contributed by atoms with van der Waals surface area (Å²) in [4.78, 5) is 33.1. The average molecular weight is 337 g/mol. The summed E-state index contributed by atoms with van der Waals surface area (Å²) in [5.41, 5.74) is 17.5. The van der Waals surface area contributed by atoms with E-state index in [0.717, 1.165) is 16.6 Å². The molecule has 10 nitrogen and oxygen atoms in total. The molecule has 0 radical (unpaired) electrons. The van der Waals surface area contributed by atoms with Crippen molar-refractivity contribution in [1.29, 1.82) is 0 Å². The number of pyridine rings is 1. The van der Waals surface area contributed by atoms with Crippen molar-refractivity contribution in [1.82, 2.24) is 10.5 Å². The smallest absolute Gasteiger partial charge is 0.402 e. The van der Waals surface area contributed by atoms with Crippen molar-refractivity contribution in [3.8, 4) is 0 Å². The number of amides is 3. The first-order valence-electron chi connectivity index (χ1n) is 6.56. The maximum Gasteiger partial charge on any atom is 0.402 e. The molecular weight excluding hydrogens is 318 g/mol. The minimum absolute atomic E-state index is 0.0353. The zero-order valence-electron chi connectivity index (χ0n) is 12.7. The standard InChI is InChI=1S/C9H8N2.C4H8N2O3.CH3NO2/c10-8-3-4-9-7(6-8)2-1-5-11-9;5-3(7)1-2-4(8)6-9;2-1(3)4/h1-6H,10H2;9H,1-2H2,(H2,5,7)(H,6,8);2H2,(H,3,4). The van der Waals surface area contributed by atoms with E-state index in [9.17, 15) is 9.59 Å². The molecule has 0 unspecified atom stereocenters. The highest BCUT2D eigenvalue weighted by Crippen LogP contribution is 2.13. The SMILES string of the molecule is NC(=O)CCC(=O)NO.NC(=O)O.Nc1ccc2ncccc2c1. The predicted octanol–water partition coefficient (Wildman–Crippen LogP) is 0.197. The molecule has 9 N–H and O–H groups in total. The summed E-state index contributed by atoms with van der Waals surface area (Å²) in [5.74, 6) is -1.16. The van der Waals surface area contributed by atoms with Crippen LogP contribution in [-0.2, 0) is 9.59 Å². The summed E-state index contributed by atoms with van der Waals surface area (Å²) in [7, 11) is 0. The van der Waals surface area contributed by atoms with Crippen LogP contribution in [0.3, 0.4) is 0 Å². The van der Waals surface area contributed by atoms with Crippen LogP contribution in [0.5, 0.6) is 0 Å². The number of nitrogens with zero attached hydrogens (tertiary/aromatic N) is 1. The Balaban J connectivity index is 0.000000369. The molecule has 0 aliphatic heterocycles. The number of rotatable bonds is 3. The number of hydrogen-bond acceptors (Lipinski definition) is 6. The Kier molecular flexibility index (Phi) is 9.62. The molecule has 1 aromatic heterocycles. The molecule has 0 saturated heterocycles. The van der Waals surface area contributed by atoms with Crippen LogP contribution in [0.25, 0.3) is 10.9 Å². The van der Waals surface area contributed by atoms with Gasteiger partial charge in [0.15, 0.2) is 0 Å². The van der Waals surface area contributed by atoms with Crippen molar-refractivity contribution in [2.45, 2.75) is 12.8 Å². The molecular formula is C14H19N5O5. The van der Waals surface area contributed by atoms with Crippen LogP contribution >= 0.6 is 0 Å². The molecule has 24 heavy (non-hydrogen) atoms. The topological polar surface area (TPSA) is 195 Å². The van der Waals surface area contributed by atoms with E-state index in [2.05, 4.69) is 10.7 Å². The summed E-state index contributed by atoms with van der Waals surface area (Å²) in [6.45, 7) is 0. The fourth-order valence-corrected chi connectivity index (χ4v) is 1.39. The van der Waals surface area contributed by atoms with Crippen LogP contribution in [0.1, 0.15) is 12.8 Å². The first-order chi connectivity index (χ1) is 11.3. The zero-order valence-corrected chi connectivity index (χ0v) is 12.7. The van der Waals surface area contributed by atoms with E-state index < -0.39 is 17.9 Å². The number of benzene rings is 1. The average Bonchev–Trinajstić information content (AvgIpc) is 2.52. The third-order valence-corrected chi connectivity index (χ3v) is 2.35. The Bertz CT molecular complexity index is 688. The molecule has 10 heteroatoms. The summed E-state index contributed by atoms with van der Waals surface area (Å²) >= 11 is 0. The zero-order chi connectivity index (χ0) is 18.5. The molecule has 0 aliphatic rings. The number of nitrogen functional groups attached to an aromatic ring is 1. The van der Waals surface area contributed by atoms with Crippen molar-refractivity contribution >= 4 is 34.5 Å². The van der Waals surface area contributed by atoms with E-state index in [4.69, 9.17) is 26.6 Å². The van der Waals surface area contributed by atoms with Gasteiger partial charge in [-0.1, -0.05) is 6.07 Å². The third kappa shape index (κ3) is 10.3. The van der Waals surface area contributed by atoms with Gasteiger partial charge in [0.25, 0.3) is 0 Å². The van der Waals surface area contributed by atoms with Crippen LogP contribution in [0.4, 0.5) is 10.5 Å².